The average Bonchev–Trinajstić information content (AvgIpc) is 2.68. The van der Waals surface area contributed by atoms with E-state index >= 15 is 0 Å². The number of carbonyl (C=O) groups excluding carboxylic acids is 1. The van der Waals surface area contributed by atoms with Crippen molar-refractivity contribution in [1.29, 1.82) is 0 Å². The molecule has 27 heavy (non-hydrogen) atoms. The van der Waals surface area contributed by atoms with Crippen molar-refractivity contribution >= 4 is 22.5 Å². The second-order valence-corrected chi connectivity index (χ2v) is 7.10. The Labute approximate surface area is 158 Å². The molecule has 138 valence electrons. The molecule has 1 aliphatic heterocycles. The summed E-state index contributed by atoms with van der Waals surface area (Å²) in [5.74, 6) is 0.393. The number of hydrogen-bond acceptors (Lipinski definition) is 5. The molecular weight excluding hydrogens is 338 g/mol. The number of hydrogen-bond donors (Lipinski definition) is 1. The van der Waals surface area contributed by atoms with Gasteiger partial charge in [-0.15, -0.1) is 0 Å². The van der Waals surface area contributed by atoms with E-state index in [2.05, 4.69) is 32.3 Å². The van der Waals surface area contributed by atoms with E-state index < -0.39 is 0 Å². The van der Waals surface area contributed by atoms with Crippen molar-refractivity contribution in [3.05, 3.63) is 60.3 Å². The molecule has 0 spiro atoms. The van der Waals surface area contributed by atoms with Gasteiger partial charge in [0, 0.05) is 48.9 Å². The number of rotatable bonds is 4. The number of nitrogens with one attached hydrogen (secondary N) is 1. The number of likely N-dealkylation sites (tertiary alicyclic amines) is 1. The highest BCUT2D eigenvalue weighted by Gasteiger charge is 2.22. The van der Waals surface area contributed by atoms with Crippen LogP contribution in [-0.4, -0.2) is 38.8 Å². The molecule has 1 atom stereocenters. The first kappa shape index (κ1) is 17.5. The third-order valence-electron chi connectivity index (χ3n) is 4.98. The number of anilines is 1. The molecule has 3 heterocycles. The number of piperidine rings is 1. The molecular formula is C21H23N5O. The van der Waals surface area contributed by atoms with Crippen molar-refractivity contribution in [1.82, 2.24) is 19.9 Å². The number of aromatic nitrogens is 3. The van der Waals surface area contributed by atoms with Gasteiger partial charge in [-0.25, -0.2) is 9.97 Å². The van der Waals surface area contributed by atoms with Crippen LogP contribution in [0.25, 0.3) is 10.9 Å². The summed E-state index contributed by atoms with van der Waals surface area (Å²) in [4.78, 5) is 26.9. The third kappa shape index (κ3) is 4.28. The van der Waals surface area contributed by atoms with E-state index in [1.54, 1.807) is 6.33 Å². The van der Waals surface area contributed by atoms with Crippen LogP contribution in [0.3, 0.4) is 0 Å². The highest BCUT2D eigenvalue weighted by molar-refractivity contribution is 5.92. The number of benzene rings is 1. The molecule has 1 aromatic carbocycles. The SMILES string of the molecule is CC(=O)Nc1ccc2nc(CN3CCC[C@H](c4ccncn4)C3)ccc2c1. The van der Waals surface area contributed by atoms with Crippen molar-refractivity contribution in [2.75, 3.05) is 18.4 Å². The van der Waals surface area contributed by atoms with Gasteiger partial charge in [0.1, 0.15) is 6.33 Å². The summed E-state index contributed by atoms with van der Waals surface area (Å²) in [6, 6.07) is 12.0. The molecule has 1 amide bonds. The molecule has 1 fully saturated rings. The molecule has 6 heteroatoms. The molecule has 0 unspecified atom stereocenters. The second-order valence-electron chi connectivity index (χ2n) is 7.10. The lowest BCUT2D eigenvalue weighted by Crippen LogP contribution is -2.34. The van der Waals surface area contributed by atoms with Gasteiger partial charge in [-0.1, -0.05) is 6.07 Å². The van der Waals surface area contributed by atoms with Gasteiger partial charge >= 0.3 is 0 Å². The van der Waals surface area contributed by atoms with Crippen LogP contribution in [0.4, 0.5) is 5.69 Å². The fourth-order valence-corrected chi connectivity index (χ4v) is 3.75. The Morgan fingerprint density at radius 2 is 2.19 bits per heavy atom. The van der Waals surface area contributed by atoms with E-state index in [1.807, 2.05) is 30.5 Å². The zero-order chi connectivity index (χ0) is 18.6. The van der Waals surface area contributed by atoms with E-state index in [4.69, 9.17) is 4.98 Å². The Balaban J connectivity index is 1.47. The number of nitrogens with zero attached hydrogens (tertiary/aromatic N) is 4. The predicted molar refractivity (Wildman–Crippen MR) is 105 cm³/mol. The minimum atomic E-state index is -0.0673. The first-order chi connectivity index (χ1) is 13.2. The summed E-state index contributed by atoms with van der Waals surface area (Å²) in [6.45, 7) is 4.44. The minimum absolute atomic E-state index is 0.0673. The monoisotopic (exact) mass is 361 g/mol. The van der Waals surface area contributed by atoms with Gasteiger partial charge in [0.2, 0.25) is 5.91 Å². The largest absolute Gasteiger partial charge is 0.326 e. The van der Waals surface area contributed by atoms with Gasteiger partial charge in [-0.3, -0.25) is 14.7 Å². The van der Waals surface area contributed by atoms with Crippen LogP contribution in [0.5, 0.6) is 0 Å². The van der Waals surface area contributed by atoms with E-state index in [0.717, 1.165) is 47.6 Å². The van der Waals surface area contributed by atoms with Crippen LogP contribution in [0.2, 0.25) is 0 Å². The van der Waals surface area contributed by atoms with Crippen molar-refractivity contribution in [2.24, 2.45) is 0 Å². The lowest BCUT2D eigenvalue weighted by Gasteiger charge is -2.32. The van der Waals surface area contributed by atoms with Crippen LogP contribution in [0.1, 0.15) is 37.1 Å². The molecule has 0 saturated carbocycles. The van der Waals surface area contributed by atoms with Gasteiger partial charge in [0.25, 0.3) is 0 Å². The molecule has 2 aromatic heterocycles. The maximum absolute atomic E-state index is 11.2. The molecule has 4 rings (SSSR count). The zero-order valence-electron chi connectivity index (χ0n) is 15.4. The second kappa shape index (κ2) is 7.80. The lowest BCUT2D eigenvalue weighted by atomic mass is 9.94. The van der Waals surface area contributed by atoms with Gasteiger partial charge in [0.15, 0.2) is 0 Å². The number of carbonyl (C=O) groups is 1. The first-order valence-electron chi connectivity index (χ1n) is 9.33. The smallest absolute Gasteiger partial charge is 0.221 e. The maximum Gasteiger partial charge on any atom is 0.221 e. The highest BCUT2D eigenvalue weighted by Crippen LogP contribution is 2.26. The summed E-state index contributed by atoms with van der Waals surface area (Å²) < 4.78 is 0. The van der Waals surface area contributed by atoms with Gasteiger partial charge in [-0.2, -0.15) is 0 Å². The van der Waals surface area contributed by atoms with Gasteiger partial charge in [0.05, 0.1) is 11.2 Å². The van der Waals surface area contributed by atoms with Crippen LogP contribution < -0.4 is 5.32 Å². The van der Waals surface area contributed by atoms with Gasteiger partial charge < -0.3 is 5.32 Å². The Morgan fingerprint density at radius 3 is 3.00 bits per heavy atom. The Kier molecular flexibility index (Phi) is 5.07. The molecule has 1 saturated heterocycles. The summed E-state index contributed by atoms with van der Waals surface area (Å²) in [6.07, 6.45) is 5.79. The normalized spacial score (nSPS) is 17.7. The van der Waals surface area contributed by atoms with Crippen molar-refractivity contribution in [2.45, 2.75) is 32.2 Å². The summed E-state index contributed by atoms with van der Waals surface area (Å²) in [7, 11) is 0. The van der Waals surface area contributed by atoms with Crippen LogP contribution in [0.15, 0.2) is 48.9 Å². The maximum atomic E-state index is 11.2. The molecule has 0 radical (unpaired) electrons. The summed E-state index contributed by atoms with van der Waals surface area (Å²) >= 11 is 0. The van der Waals surface area contributed by atoms with E-state index in [1.165, 1.54) is 19.8 Å². The Hall–Kier alpha value is -2.86. The molecule has 6 nitrogen and oxygen atoms in total. The van der Waals surface area contributed by atoms with Crippen molar-refractivity contribution in [3.8, 4) is 0 Å². The summed E-state index contributed by atoms with van der Waals surface area (Å²) in [5.41, 5.74) is 3.95. The lowest BCUT2D eigenvalue weighted by molar-refractivity contribution is -0.114. The topological polar surface area (TPSA) is 71.0 Å². The number of pyridine rings is 1. The fraction of sp³-hybridized carbons (Fsp3) is 0.333. The van der Waals surface area contributed by atoms with Crippen molar-refractivity contribution in [3.63, 3.8) is 0 Å². The number of fused-ring (bicyclic) bond motifs is 1. The first-order valence-corrected chi connectivity index (χ1v) is 9.33. The van der Waals surface area contributed by atoms with Crippen molar-refractivity contribution < 1.29 is 4.79 Å². The fourth-order valence-electron chi connectivity index (χ4n) is 3.75. The highest BCUT2D eigenvalue weighted by atomic mass is 16.1. The minimum Gasteiger partial charge on any atom is -0.326 e. The van der Waals surface area contributed by atoms with E-state index in [-0.39, 0.29) is 5.91 Å². The molecule has 3 aromatic rings. The van der Waals surface area contributed by atoms with Crippen LogP contribution in [-0.2, 0) is 11.3 Å². The molecule has 0 aliphatic carbocycles. The van der Waals surface area contributed by atoms with Crippen LogP contribution >= 0.6 is 0 Å². The molecule has 0 bridgehead atoms. The quantitative estimate of drug-likeness (QED) is 0.771. The Bertz CT molecular complexity index is 944. The number of amides is 1. The van der Waals surface area contributed by atoms with E-state index in [9.17, 15) is 4.79 Å². The third-order valence-corrected chi connectivity index (χ3v) is 4.98. The van der Waals surface area contributed by atoms with Gasteiger partial charge in [-0.05, 0) is 49.7 Å². The standard InChI is InChI=1S/C21H23N5O/c1-15(27)24-18-6-7-21-16(11-18)4-5-19(25-21)13-26-10-2-3-17(12-26)20-8-9-22-14-23-20/h4-9,11,14,17H,2-3,10,12-13H2,1H3,(H,24,27)/t17-/m0/s1. The average molecular weight is 361 g/mol. The summed E-state index contributed by atoms with van der Waals surface area (Å²) in [5, 5.41) is 3.84. The predicted octanol–water partition coefficient (Wildman–Crippen LogP) is 3.36. The molecule has 1 aliphatic rings. The molecule has 1 N–H and O–H groups in total. The zero-order valence-corrected chi connectivity index (χ0v) is 15.4. The Morgan fingerprint density at radius 1 is 1.26 bits per heavy atom. The van der Waals surface area contributed by atoms with E-state index in [0.29, 0.717) is 5.92 Å². The van der Waals surface area contributed by atoms with Crippen LogP contribution in [0, 0.1) is 0 Å².